The highest BCUT2D eigenvalue weighted by atomic mass is 32.2. The van der Waals surface area contributed by atoms with Crippen molar-refractivity contribution in [3.63, 3.8) is 0 Å². The van der Waals surface area contributed by atoms with Crippen molar-refractivity contribution >= 4 is 21.6 Å². The second kappa shape index (κ2) is 4.69. The second-order valence-electron chi connectivity index (χ2n) is 4.50. The second-order valence-corrected chi connectivity index (χ2v) is 6.73. The number of anilines is 2. The van der Waals surface area contributed by atoms with Crippen LogP contribution in [0.15, 0.2) is 6.07 Å². The van der Waals surface area contributed by atoms with Crippen molar-refractivity contribution in [3.05, 3.63) is 11.8 Å². The lowest BCUT2D eigenvalue weighted by atomic mass is 10.2. The first-order chi connectivity index (χ1) is 8.41. The molecule has 1 aliphatic heterocycles. The predicted molar refractivity (Wildman–Crippen MR) is 70.0 cm³/mol. The van der Waals surface area contributed by atoms with Crippen molar-refractivity contribution in [2.24, 2.45) is 5.84 Å². The van der Waals surface area contributed by atoms with Crippen LogP contribution in [-0.2, 0) is 9.84 Å². The third-order valence-electron chi connectivity index (χ3n) is 3.09. The first-order valence-corrected chi connectivity index (χ1v) is 7.49. The van der Waals surface area contributed by atoms with Gasteiger partial charge in [-0.15, -0.1) is 0 Å². The summed E-state index contributed by atoms with van der Waals surface area (Å²) in [5.41, 5.74) is 3.18. The summed E-state index contributed by atoms with van der Waals surface area (Å²) < 4.78 is 23.0. The Labute approximate surface area is 106 Å². The molecule has 3 N–H and O–H groups in total. The summed E-state index contributed by atoms with van der Waals surface area (Å²) >= 11 is 0. The molecule has 2 rings (SSSR count). The largest absolute Gasteiger partial charge is 0.355 e. The minimum absolute atomic E-state index is 0.0325. The molecule has 0 bridgehead atoms. The van der Waals surface area contributed by atoms with E-state index in [1.807, 2.05) is 24.9 Å². The summed E-state index contributed by atoms with van der Waals surface area (Å²) in [7, 11) is -1.06. The molecule has 1 atom stereocenters. The number of nitrogens with two attached hydrogens (primary N) is 1. The molecule has 1 fully saturated rings. The molecule has 0 aromatic carbocycles. The maximum atomic E-state index is 11.5. The van der Waals surface area contributed by atoms with Gasteiger partial charge in [-0.05, 0) is 13.3 Å². The van der Waals surface area contributed by atoms with Gasteiger partial charge in [0.1, 0.15) is 5.82 Å². The van der Waals surface area contributed by atoms with E-state index in [0.29, 0.717) is 18.2 Å². The molecular formula is C10H17N5O2S. The summed E-state index contributed by atoms with van der Waals surface area (Å²) in [6.45, 7) is 1.84. The van der Waals surface area contributed by atoms with Crippen molar-refractivity contribution in [2.45, 2.75) is 19.4 Å². The van der Waals surface area contributed by atoms with Crippen molar-refractivity contribution in [1.82, 2.24) is 9.97 Å². The number of nitrogens with zero attached hydrogens (tertiary/aromatic N) is 3. The van der Waals surface area contributed by atoms with Gasteiger partial charge in [-0.3, -0.25) is 5.43 Å². The van der Waals surface area contributed by atoms with E-state index in [4.69, 9.17) is 5.84 Å². The van der Waals surface area contributed by atoms with Crippen LogP contribution in [0.2, 0.25) is 0 Å². The lowest BCUT2D eigenvalue weighted by Crippen LogP contribution is -2.33. The fourth-order valence-corrected chi connectivity index (χ4v) is 3.84. The highest BCUT2D eigenvalue weighted by Crippen LogP contribution is 2.22. The molecule has 100 valence electrons. The molecule has 0 saturated carbocycles. The maximum Gasteiger partial charge on any atom is 0.239 e. The van der Waals surface area contributed by atoms with Crippen LogP contribution in [-0.4, -0.2) is 43.0 Å². The lowest BCUT2D eigenvalue weighted by Gasteiger charge is -2.24. The van der Waals surface area contributed by atoms with Crippen LogP contribution in [0.1, 0.15) is 12.1 Å². The fraction of sp³-hybridized carbons (Fsp3) is 0.600. The number of aryl methyl sites for hydroxylation is 1. The van der Waals surface area contributed by atoms with Crippen molar-refractivity contribution < 1.29 is 8.42 Å². The molecule has 1 saturated heterocycles. The average Bonchev–Trinajstić information content (AvgIpc) is 2.67. The molecule has 1 aromatic rings. The monoisotopic (exact) mass is 271 g/mol. The molecule has 1 unspecified atom stereocenters. The Kier molecular flexibility index (Phi) is 3.40. The Balaban J connectivity index is 2.23. The highest BCUT2D eigenvalue weighted by Gasteiger charge is 2.31. The zero-order valence-electron chi connectivity index (χ0n) is 10.4. The van der Waals surface area contributed by atoms with Gasteiger partial charge in [-0.1, -0.05) is 0 Å². The Bertz CT molecular complexity index is 545. The number of nitrogen functional groups attached to an aromatic ring is 1. The number of aromatic nitrogens is 2. The maximum absolute atomic E-state index is 11.5. The molecule has 7 nitrogen and oxygen atoms in total. The van der Waals surface area contributed by atoms with Crippen LogP contribution < -0.4 is 16.2 Å². The Hall–Kier alpha value is -1.41. The SMILES string of the molecule is Cc1cc(N(C)C2CCS(=O)(=O)C2)nc(NN)n1. The Morgan fingerprint density at radius 3 is 2.78 bits per heavy atom. The van der Waals surface area contributed by atoms with E-state index in [-0.39, 0.29) is 17.5 Å². The van der Waals surface area contributed by atoms with E-state index in [2.05, 4.69) is 15.4 Å². The molecule has 0 radical (unpaired) electrons. The predicted octanol–water partition coefficient (Wildman–Crippen LogP) is -0.306. The highest BCUT2D eigenvalue weighted by molar-refractivity contribution is 7.91. The molecule has 1 aliphatic rings. The summed E-state index contributed by atoms with van der Waals surface area (Å²) in [5, 5.41) is 0. The van der Waals surface area contributed by atoms with Crippen LogP contribution in [0.5, 0.6) is 0 Å². The normalized spacial score (nSPS) is 21.8. The van der Waals surface area contributed by atoms with E-state index < -0.39 is 9.84 Å². The van der Waals surface area contributed by atoms with Gasteiger partial charge in [-0.2, -0.15) is 4.98 Å². The Morgan fingerprint density at radius 2 is 2.22 bits per heavy atom. The smallest absolute Gasteiger partial charge is 0.239 e. The summed E-state index contributed by atoms with van der Waals surface area (Å²) in [6, 6.07) is 1.78. The number of sulfone groups is 1. The van der Waals surface area contributed by atoms with Gasteiger partial charge < -0.3 is 4.90 Å². The van der Waals surface area contributed by atoms with Gasteiger partial charge in [-0.25, -0.2) is 19.2 Å². The van der Waals surface area contributed by atoms with Crippen LogP contribution >= 0.6 is 0 Å². The molecular weight excluding hydrogens is 254 g/mol. The van der Waals surface area contributed by atoms with Gasteiger partial charge >= 0.3 is 0 Å². The lowest BCUT2D eigenvalue weighted by molar-refractivity contribution is 0.600. The topological polar surface area (TPSA) is 101 Å². The van der Waals surface area contributed by atoms with Crippen molar-refractivity contribution in [3.8, 4) is 0 Å². The number of hydrogen-bond donors (Lipinski definition) is 2. The number of hydrogen-bond acceptors (Lipinski definition) is 7. The minimum Gasteiger partial charge on any atom is -0.355 e. The van der Waals surface area contributed by atoms with Gasteiger partial charge in [0.05, 0.1) is 11.5 Å². The van der Waals surface area contributed by atoms with Crippen LogP contribution in [0.25, 0.3) is 0 Å². The molecule has 2 heterocycles. The molecule has 0 amide bonds. The van der Waals surface area contributed by atoms with E-state index in [0.717, 1.165) is 5.69 Å². The standard InChI is InChI=1S/C10H17N5O2S/c1-7-5-9(13-10(12-7)14-11)15(2)8-3-4-18(16,17)6-8/h5,8H,3-4,6,11H2,1-2H3,(H,12,13,14). The first-order valence-electron chi connectivity index (χ1n) is 5.67. The summed E-state index contributed by atoms with van der Waals surface area (Å²) in [4.78, 5) is 10.2. The summed E-state index contributed by atoms with van der Waals surface area (Å²) in [6.07, 6.45) is 0.632. The van der Waals surface area contributed by atoms with Gasteiger partial charge in [0.15, 0.2) is 9.84 Å². The van der Waals surface area contributed by atoms with Crippen molar-refractivity contribution in [2.75, 3.05) is 28.9 Å². The number of rotatable bonds is 3. The van der Waals surface area contributed by atoms with Crippen LogP contribution in [0.4, 0.5) is 11.8 Å². The van der Waals surface area contributed by atoms with E-state index >= 15 is 0 Å². The molecule has 18 heavy (non-hydrogen) atoms. The Morgan fingerprint density at radius 1 is 1.50 bits per heavy atom. The zero-order chi connectivity index (χ0) is 13.3. The number of nitrogens with one attached hydrogen (secondary N) is 1. The molecule has 8 heteroatoms. The third kappa shape index (κ3) is 2.70. The quantitative estimate of drug-likeness (QED) is 0.574. The zero-order valence-corrected chi connectivity index (χ0v) is 11.2. The van der Waals surface area contributed by atoms with E-state index in [1.165, 1.54) is 0 Å². The molecule has 0 aliphatic carbocycles. The van der Waals surface area contributed by atoms with Gasteiger partial charge in [0.25, 0.3) is 0 Å². The van der Waals surface area contributed by atoms with Gasteiger partial charge in [0, 0.05) is 24.8 Å². The molecule has 0 spiro atoms. The molecule has 1 aromatic heterocycles. The van der Waals surface area contributed by atoms with Crippen LogP contribution in [0.3, 0.4) is 0 Å². The fourth-order valence-electron chi connectivity index (χ4n) is 2.07. The number of hydrazine groups is 1. The average molecular weight is 271 g/mol. The van der Waals surface area contributed by atoms with E-state index in [1.54, 1.807) is 0 Å². The van der Waals surface area contributed by atoms with Gasteiger partial charge in [0.2, 0.25) is 5.95 Å². The summed E-state index contributed by atoms with van der Waals surface area (Å²) in [5.74, 6) is 6.73. The third-order valence-corrected chi connectivity index (χ3v) is 4.84. The minimum atomic E-state index is -2.90. The van der Waals surface area contributed by atoms with Crippen LogP contribution in [0, 0.1) is 6.92 Å². The first kappa shape index (κ1) is 13.0. The van der Waals surface area contributed by atoms with Crippen molar-refractivity contribution in [1.29, 1.82) is 0 Å². The van der Waals surface area contributed by atoms with E-state index in [9.17, 15) is 8.42 Å².